The van der Waals surface area contributed by atoms with Crippen LogP contribution in [0.1, 0.15) is 55.7 Å². The zero-order valence-corrected chi connectivity index (χ0v) is 21.0. The molecule has 0 amide bonds. The quantitative estimate of drug-likeness (QED) is 0.353. The van der Waals surface area contributed by atoms with Crippen molar-refractivity contribution >= 4 is 17.2 Å². The standard InChI is InChI=1S/C30H34FN5/c1-22(31)2-3-23-6-9-27(10-7-23)36(29-21-33-15-12-26(29)18-24-4-5-24)28-13-16-35(17-14-28)30-11-8-25(19-32)20-34-30/h6-12,15,20-22,24,28H,2-5,13-14,16-18H2,1H3. The molecule has 0 N–H and O–H groups in total. The van der Waals surface area contributed by atoms with E-state index >= 15 is 0 Å². The summed E-state index contributed by atoms with van der Waals surface area (Å²) in [6.45, 7) is 3.44. The Morgan fingerprint density at radius 1 is 1.06 bits per heavy atom. The normalized spacial score (nSPS) is 17.0. The minimum atomic E-state index is -0.780. The van der Waals surface area contributed by atoms with E-state index in [2.05, 4.69) is 56.2 Å². The molecule has 2 aromatic heterocycles. The highest BCUT2D eigenvalue weighted by molar-refractivity contribution is 5.67. The van der Waals surface area contributed by atoms with Crippen LogP contribution in [0, 0.1) is 17.2 Å². The van der Waals surface area contributed by atoms with Gasteiger partial charge in [-0.3, -0.25) is 4.98 Å². The Morgan fingerprint density at radius 2 is 1.83 bits per heavy atom. The van der Waals surface area contributed by atoms with Crippen molar-refractivity contribution in [2.24, 2.45) is 5.92 Å². The van der Waals surface area contributed by atoms with Gasteiger partial charge in [0.1, 0.15) is 11.9 Å². The molecular weight excluding hydrogens is 449 g/mol. The second-order valence-electron chi connectivity index (χ2n) is 10.2. The fourth-order valence-electron chi connectivity index (χ4n) is 5.17. The zero-order valence-electron chi connectivity index (χ0n) is 21.0. The van der Waals surface area contributed by atoms with Gasteiger partial charge in [-0.2, -0.15) is 5.26 Å². The molecule has 36 heavy (non-hydrogen) atoms. The number of nitrogens with zero attached hydrogens (tertiary/aromatic N) is 5. The summed E-state index contributed by atoms with van der Waals surface area (Å²) in [5.74, 6) is 1.73. The summed E-state index contributed by atoms with van der Waals surface area (Å²) in [5, 5.41) is 9.07. The molecule has 2 fully saturated rings. The minimum absolute atomic E-state index is 0.346. The van der Waals surface area contributed by atoms with Gasteiger partial charge in [-0.15, -0.1) is 0 Å². The fraction of sp³-hybridized carbons (Fsp3) is 0.433. The summed E-state index contributed by atoms with van der Waals surface area (Å²) < 4.78 is 13.4. The number of nitriles is 1. The molecule has 5 nitrogen and oxygen atoms in total. The molecule has 0 bridgehead atoms. The Labute approximate surface area is 213 Å². The lowest BCUT2D eigenvalue weighted by molar-refractivity contribution is 0.341. The predicted octanol–water partition coefficient (Wildman–Crippen LogP) is 6.40. The van der Waals surface area contributed by atoms with E-state index in [1.165, 1.54) is 35.3 Å². The van der Waals surface area contributed by atoms with Crippen LogP contribution in [0.25, 0.3) is 0 Å². The lowest BCUT2D eigenvalue weighted by Crippen LogP contribution is -2.43. The van der Waals surface area contributed by atoms with Crippen LogP contribution in [-0.4, -0.2) is 35.3 Å². The lowest BCUT2D eigenvalue weighted by atomic mass is 9.98. The van der Waals surface area contributed by atoms with Crippen LogP contribution >= 0.6 is 0 Å². The first-order chi connectivity index (χ1) is 17.6. The average Bonchev–Trinajstić information content (AvgIpc) is 3.74. The van der Waals surface area contributed by atoms with Crippen molar-refractivity contribution < 1.29 is 4.39 Å². The maximum absolute atomic E-state index is 13.4. The zero-order chi connectivity index (χ0) is 24.9. The lowest BCUT2D eigenvalue weighted by Gasteiger charge is -2.41. The van der Waals surface area contributed by atoms with E-state index in [9.17, 15) is 4.39 Å². The summed E-state index contributed by atoms with van der Waals surface area (Å²) in [6.07, 6.45) is 11.9. The molecule has 2 aliphatic rings. The van der Waals surface area contributed by atoms with Crippen molar-refractivity contribution in [3.63, 3.8) is 0 Å². The van der Waals surface area contributed by atoms with Crippen molar-refractivity contribution in [2.75, 3.05) is 22.9 Å². The number of hydrogen-bond acceptors (Lipinski definition) is 5. The van der Waals surface area contributed by atoms with Crippen LogP contribution in [0.4, 0.5) is 21.6 Å². The van der Waals surface area contributed by atoms with Crippen LogP contribution in [0.15, 0.2) is 61.1 Å². The van der Waals surface area contributed by atoms with E-state index in [1.54, 1.807) is 13.1 Å². The van der Waals surface area contributed by atoms with Crippen LogP contribution in [0.2, 0.25) is 0 Å². The third-order valence-electron chi connectivity index (χ3n) is 7.43. The number of rotatable bonds is 9. The number of anilines is 3. The molecule has 1 saturated carbocycles. The first kappa shape index (κ1) is 24.2. The molecule has 1 saturated heterocycles. The van der Waals surface area contributed by atoms with Crippen LogP contribution in [-0.2, 0) is 12.8 Å². The molecule has 1 aliphatic carbocycles. The molecular formula is C30H34FN5. The van der Waals surface area contributed by atoms with Gasteiger partial charge in [0.25, 0.3) is 0 Å². The van der Waals surface area contributed by atoms with Gasteiger partial charge in [0.2, 0.25) is 0 Å². The number of aryl methyl sites for hydroxylation is 1. The number of hydrogen-bond donors (Lipinski definition) is 0. The highest BCUT2D eigenvalue weighted by atomic mass is 19.1. The van der Waals surface area contributed by atoms with Gasteiger partial charge in [-0.1, -0.05) is 12.1 Å². The number of benzene rings is 1. The Balaban J connectivity index is 1.38. The van der Waals surface area contributed by atoms with Crippen molar-refractivity contribution in [2.45, 2.75) is 64.1 Å². The van der Waals surface area contributed by atoms with Crippen LogP contribution in [0.3, 0.4) is 0 Å². The average molecular weight is 484 g/mol. The smallest absolute Gasteiger partial charge is 0.128 e. The van der Waals surface area contributed by atoms with E-state index in [0.717, 1.165) is 50.5 Å². The number of pyridine rings is 2. The van der Waals surface area contributed by atoms with E-state index in [4.69, 9.17) is 5.26 Å². The summed E-state index contributed by atoms with van der Waals surface area (Å²) in [4.78, 5) is 13.8. The molecule has 1 aromatic carbocycles. The van der Waals surface area contributed by atoms with Crippen molar-refractivity contribution in [1.82, 2.24) is 9.97 Å². The molecule has 1 aliphatic heterocycles. The minimum Gasteiger partial charge on any atom is -0.356 e. The maximum Gasteiger partial charge on any atom is 0.128 e. The van der Waals surface area contributed by atoms with Gasteiger partial charge in [-0.05, 0) is 99.2 Å². The van der Waals surface area contributed by atoms with Crippen molar-refractivity contribution in [3.8, 4) is 6.07 Å². The highest BCUT2D eigenvalue weighted by Crippen LogP contribution is 2.39. The first-order valence-corrected chi connectivity index (χ1v) is 13.2. The second kappa shape index (κ2) is 11.1. The van der Waals surface area contributed by atoms with E-state index in [1.807, 2.05) is 24.5 Å². The first-order valence-electron chi connectivity index (χ1n) is 13.2. The van der Waals surface area contributed by atoms with Crippen LogP contribution in [0.5, 0.6) is 0 Å². The van der Waals surface area contributed by atoms with Gasteiger partial charge >= 0.3 is 0 Å². The highest BCUT2D eigenvalue weighted by Gasteiger charge is 2.30. The summed E-state index contributed by atoms with van der Waals surface area (Å²) in [7, 11) is 0. The summed E-state index contributed by atoms with van der Waals surface area (Å²) in [5.41, 5.74) is 5.52. The van der Waals surface area contributed by atoms with Crippen molar-refractivity contribution in [3.05, 3.63) is 77.7 Å². The number of halogens is 1. The predicted molar refractivity (Wildman–Crippen MR) is 142 cm³/mol. The Hall–Kier alpha value is -3.46. The van der Waals surface area contributed by atoms with Gasteiger partial charge in [0.05, 0.1) is 23.6 Å². The van der Waals surface area contributed by atoms with Crippen LogP contribution < -0.4 is 9.80 Å². The maximum atomic E-state index is 13.4. The number of piperidine rings is 1. The Morgan fingerprint density at radius 3 is 2.47 bits per heavy atom. The number of aromatic nitrogens is 2. The van der Waals surface area contributed by atoms with E-state index in [-0.39, 0.29) is 0 Å². The molecule has 1 unspecified atom stereocenters. The fourth-order valence-corrected chi connectivity index (χ4v) is 5.17. The summed E-state index contributed by atoms with van der Waals surface area (Å²) in [6, 6.07) is 17.2. The third kappa shape index (κ3) is 5.84. The van der Waals surface area contributed by atoms with E-state index < -0.39 is 6.17 Å². The molecule has 0 radical (unpaired) electrons. The Bertz CT molecular complexity index is 1170. The molecule has 1 atom stereocenters. The Kier molecular flexibility index (Phi) is 7.46. The summed E-state index contributed by atoms with van der Waals surface area (Å²) >= 11 is 0. The van der Waals surface area contributed by atoms with Gasteiger partial charge in [-0.25, -0.2) is 9.37 Å². The van der Waals surface area contributed by atoms with Crippen molar-refractivity contribution in [1.29, 1.82) is 5.26 Å². The molecule has 6 heteroatoms. The topological polar surface area (TPSA) is 56.1 Å². The molecule has 186 valence electrons. The van der Waals surface area contributed by atoms with Gasteiger partial charge in [0.15, 0.2) is 0 Å². The molecule has 3 heterocycles. The molecule has 0 spiro atoms. The SMILES string of the molecule is CC(F)CCc1ccc(N(c2cnccc2CC2CC2)C2CCN(c3ccc(C#N)cn3)CC2)cc1. The second-order valence-corrected chi connectivity index (χ2v) is 10.2. The van der Waals surface area contributed by atoms with E-state index in [0.29, 0.717) is 18.0 Å². The van der Waals surface area contributed by atoms with Gasteiger partial charge in [0, 0.05) is 37.2 Å². The monoisotopic (exact) mass is 483 g/mol. The third-order valence-corrected chi connectivity index (χ3v) is 7.43. The number of alkyl halides is 1. The largest absolute Gasteiger partial charge is 0.356 e. The molecule has 5 rings (SSSR count). The molecule has 3 aromatic rings. The van der Waals surface area contributed by atoms with Gasteiger partial charge < -0.3 is 9.80 Å².